The molecule has 17 heavy (non-hydrogen) atoms. The lowest BCUT2D eigenvalue weighted by molar-refractivity contribution is -0.271. The van der Waals surface area contributed by atoms with Gasteiger partial charge in [-0.3, -0.25) is 11.7 Å². The van der Waals surface area contributed by atoms with Gasteiger partial charge in [0, 0.05) is 0 Å². The van der Waals surface area contributed by atoms with Gasteiger partial charge in [-0.25, -0.2) is 9.18 Å². The molecule has 0 saturated heterocycles. The lowest BCUT2D eigenvalue weighted by Crippen LogP contribution is -2.59. The van der Waals surface area contributed by atoms with E-state index in [9.17, 15) is 26.7 Å². The van der Waals surface area contributed by atoms with Crippen molar-refractivity contribution in [2.24, 2.45) is 11.7 Å². The van der Waals surface area contributed by atoms with E-state index in [-0.39, 0.29) is 0 Å². The van der Waals surface area contributed by atoms with E-state index in [2.05, 4.69) is 11.7 Å². The Balaban J connectivity index is 0. The Hall–Kier alpha value is -0.960. The number of hydrogen-bond acceptors (Lipinski definition) is 3. The molecular formula is C8H15F5N2O2. The number of aliphatic carboxylic acids is 1. The second-order valence-corrected chi connectivity index (χ2v) is 3.13. The third-order valence-corrected chi connectivity index (χ3v) is 2.35. The SMILES string of the molecule is CCC(F)(CC)C(F)(F)C(F)(F)C(=O)O.NN. The molecule has 0 radical (unpaired) electrons. The molecule has 0 atom stereocenters. The molecule has 4 nitrogen and oxygen atoms in total. The quantitative estimate of drug-likeness (QED) is 0.401. The average molecular weight is 266 g/mol. The molecule has 0 aliphatic rings. The number of nitrogens with two attached hydrogens (primary N) is 2. The van der Waals surface area contributed by atoms with Crippen molar-refractivity contribution in [3.63, 3.8) is 0 Å². The average Bonchev–Trinajstić information content (AvgIpc) is 2.29. The second kappa shape index (κ2) is 6.10. The Kier molecular flexibility index (Phi) is 6.61. The molecule has 0 aliphatic heterocycles. The molecule has 9 heteroatoms. The molecule has 0 spiro atoms. The van der Waals surface area contributed by atoms with Crippen LogP contribution in [0.5, 0.6) is 0 Å². The molecule has 0 aliphatic carbocycles. The number of halogens is 5. The van der Waals surface area contributed by atoms with E-state index in [1.165, 1.54) is 0 Å². The van der Waals surface area contributed by atoms with E-state index >= 15 is 0 Å². The first-order chi connectivity index (χ1) is 7.56. The van der Waals surface area contributed by atoms with E-state index in [1.807, 2.05) is 0 Å². The zero-order valence-corrected chi connectivity index (χ0v) is 9.31. The summed E-state index contributed by atoms with van der Waals surface area (Å²) in [4.78, 5) is 9.95. The predicted octanol–water partition coefficient (Wildman–Crippen LogP) is 1.69. The third-order valence-electron chi connectivity index (χ3n) is 2.35. The predicted molar refractivity (Wildman–Crippen MR) is 50.3 cm³/mol. The van der Waals surface area contributed by atoms with Crippen molar-refractivity contribution in [3.8, 4) is 0 Å². The summed E-state index contributed by atoms with van der Waals surface area (Å²) in [5, 5.41) is 7.93. The van der Waals surface area contributed by atoms with Crippen LogP contribution in [0.15, 0.2) is 0 Å². The molecule has 0 unspecified atom stereocenters. The van der Waals surface area contributed by atoms with Crippen LogP contribution in [0.3, 0.4) is 0 Å². The normalized spacial score (nSPS) is 12.8. The van der Waals surface area contributed by atoms with Gasteiger partial charge in [-0.2, -0.15) is 17.6 Å². The minimum absolute atomic E-state index is 0.890. The van der Waals surface area contributed by atoms with E-state index in [1.54, 1.807) is 0 Å². The molecule has 104 valence electrons. The maximum atomic E-state index is 13.4. The Labute approximate surface area is 94.7 Å². The monoisotopic (exact) mass is 266 g/mol. The first-order valence-electron chi connectivity index (χ1n) is 4.58. The van der Waals surface area contributed by atoms with Gasteiger partial charge in [0.2, 0.25) is 0 Å². The molecule has 0 aromatic carbocycles. The maximum absolute atomic E-state index is 13.4. The number of hydrogen-bond donors (Lipinski definition) is 3. The van der Waals surface area contributed by atoms with E-state index in [0.717, 1.165) is 13.8 Å². The highest BCUT2D eigenvalue weighted by molar-refractivity contribution is 5.77. The zero-order chi connectivity index (χ0) is 14.5. The lowest BCUT2D eigenvalue weighted by Gasteiger charge is -2.34. The molecule has 0 saturated carbocycles. The Morgan fingerprint density at radius 3 is 1.53 bits per heavy atom. The van der Waals surface area contributed by atoms with Gasteiger partial charge >= 0.3 is 17.8 Å². The standard InChI is InChI=1S/C8H11F5O2.H4N2/c1-3-6(9,4-2)8(12,13)7(10,11)5(14)15;1-2/h3-4H2,1-2H3,(H,14,15);1-2H2. The molecule has 5 N–H and O–H groups in total. The first kappa shape index (κ1) is 18.4. The lowest BCUT2D eigenvalue weighted by atomic mass is 9.87. The molecule has 0 aromatic heterocycles. The van der Waals surface area contributed by atoms with Crippen LogP contribution < -0.4 is 11.7 Å². The second-order valence-electron chi connectivity index (χ2n) is 3.13. The maximum Gasteiger partial charge on any atom is 0.407 e. The number of carboxylic acids is 1. The van der Waals surface area contributed by atoms with Gasteiger partial charge in [-0.05, 0) is 12.8 Å². The summed E-state index contributed by atoms with van der Waals surface area (Å²) in [6.45, 7) is 1.91. The Bertz CT molecular complexity index is 256. The fraction of sp³-hybridized carbons (Fsp3) is 0.875. The van der Waals surface area contributed by atoms with Crippen LogP contribution in [0.4, 0.5) is 22.0 Å². The number of hydrazine groups is 1. The minimum Gasteiger partial charge on any atom is -0.477 e. The van der Waals surface area contributed by atoms with E-state index in [0.29, 0.717) is 0 Å². The van der Waals surface area contributed by atoms with Gasteiger partial charge in [0.25, 0.3) is 0 Å². The van der Waals surface area contributed by atoms with Crippen molar-refractivity contribution in [1.29, 1.82) is 0 Å². The highest BCUT2D eigenvalue weighted by atomic mass is 19.3. The Morgan fingerprint density at radius 2 is 1.35 bits per heavy atom. The fourth-order valence-electron chi connectivity index (χ4n) is 1.11. The van der Waals surface area contributed by atoms with Crippen molar-refractivity contribution in [3.05, 3.63) is 0 Å². The van der Waals surface area contributed by atoms with Crippen LogP contribution in [0.2, 0.25) is 0 Å². The molecular weight excluding hydrogens is 251 g/mol. The summed E-state index contributed by atoms with van der Waals surface area (Å²) in [6.07, 6.45) is -1.78. The molecule has 0 amide bonds. The molecule has 0 aromatic rings. The van der Waals surface area contributed by atoms with Gasteiger partial charge in [0.05, 0.1) is 0 Å². The summed E-state index contributed by atoms with van der Waals surface area (Å²) in [5.41, 5.74) is -3.52. The summed E-state index contributed by atoms with van der Waals surface area (Å²) in [5.74, 6) is -5.67. The highest BCUT2D eigenvalue weighted by Crippen LogP contribution is 2.47. The van der Waals surface area contributed by atoms with Crippen LogP contribution in [0, 0.1) is 0 Å². The van der Waals surface area contributed by atoms with E-state index < -0.39 is 36.3 Å². The van der Waals surface area contributed by atoms with Crippen molar-refractivity contribution < 1.29 is 31.9 Å². The molecule has 0 rings (SSSR count). The van der Waals surface area contributed by atoms with Crippen LogP contribution in [-0.4, -0.2) is 28.6 Å². The van der Waals surface area contributed by atoms with Gasteiger partial charge in [0.1, 0.15) is 0 Å². The van der Waals surface area contributed by atoms with Crippen molar-refractivity contribution in [1.82, 2.24) is 0 Å². The van der Waals surface area contributed by atoms with Crippen LogP contribution >= 0.6 is 0 Å². The topological polar surface area (TPSA) is 89.3 Å². The largest absolute Gasteiger partial charge is 0.477 e. The minimum atomic E-state index is -5.41. The number of alkyl halides is 5. The van der Waals surface area contributed by atoms with Crippen LogP contribution in [0.1, 0.15) is 26.7 Å². The highest BCUT2D eigenvalue weighted by Gasteiger charge is 2.72. The van der Waals surface area contributed by atoms with E-state index in [4.69, 9.17) is 5.11 Å². The van der Waals surface area contributed by atoms with Crippen molar-refractivity contribution in [2.75, 3.05) is 0 Å². The first-order valence-corrected chi connectivity index (χ1v) is 4.58. The van der Waals surface area contributed by atoms with Crippen molar-refractivity contribution >= 4 is 5.97 Å². The summed E-state index contributed by atoms with van der Waals surface area (Å²) < 4.78 is 64.6. The van der Waals surface area contributed by atoms with Crippen molar-refractivity contribution in [2.45, 2.75) is 44.2 Å². The molecule has 0 bridgehead atoms. The van der Waals surface area contributed by atoms with Gasteiger partial charge in [-0.15, -0.1) is 0 Å². The third kappa shape index (κ3) is 3.03. The Morgan fingerprint density at radius 1 is 1.06 bits per heavy atom. The molecule has 0 heterocycles. The summed E-state index contributed by atoms with van der Waals surface area (Å²) in [7, 11) is 0. The van der Waals surface area contributed by atoms with Gasteiger partial charge in [-0.1, -0.05) is 13.8 Å². The smallest absolute Gasteiger partial charge is 0.407 e. The van der Waals surface area contributed by atoms with Gasteiger partial charge in [0.15, 0.2) is 5.67 Å². The van der Waals surface area contributed by atoms with Crippen LogP contribution in [0.25, 0.3) is 0 Å². The number of carboxylic acid groups (broad SMARTS) is 1. The zero-order valence-electron chi connectivity index (χ0n) is 9.31. The number of rotatable bonds is 5. The number of carbonyl (C=O) groups is 1. The van der Waals surface area contributed by atoms with Crippen LogP contribution in [-0.2, 0) is 4.79 Å². The summed E-state index contributed by atoms with van der Waals surface area (Å²) >= 11 is 0. The fourth-order valence-corrected chi connectivity index (χ4v) is 1.11. The summed E-state index contributed by atoms with van der Waals surface area (Å²) in [6, 6.07) is 0. The molecule has 0 fully saturated rings. The van der Waals surface area contributed by atoms with Gasteiger partial charge < -0.3 is 5.11 Å².